The molecule has 1 fully saturated rings. The van der Waals surface area contributed by atoms with E-state index in [4.69, 9.17) is 5.11 Å². The molecule has 12 heavy (non-hydrogen) atoms. The smallest absolute Gasteiger partial charge is 0.325 e. The van der Waals surface area contributed by atoms with Crippen LogP contribution < -0.4 is 0 Å². The number of carbonyl (C=O) groups is 1. The molecule has 0 amide bonds. The van der Waals surface area contributed by atoms with E-state index < -0.39 is 12.0 Å². The van der Waals surface area contributed by atoms with Crippen LogP contribution in [0.1, 0.15) is 6.42 Å². The van der Waals surface area contributed by atoms with Crippen molar-refractivity contribution in [1.82, 2.24) is 4.90 Å². The highest BCUT2D eigenvalue weighted by Gasteiger charge is 2.31. The average molecular weight is 234 g/mol. The van der Waals surface area contributed by atoms with Gasteiger partial charge in [-0.15, -0.1) is 0 Å². The first kappa shape index (κ1) is 9.74. The van der Waals surface area contributed by atoms with Crippen LogP contribution in [0.25, 0.3) is 0 Å². The Morgan fingerprint density at radius 1 is 1.67 bits per heavy atom. The van der Waals surface area contributed by atoms with Crippen LogP contribution in [-0.2, 0) is 4.79 Å². The van der Waals surface area contributed by atoms with E-state index in [1.807, 2.05) is 4.90 Å². The normalized spacial score (nSPS) is 19.8. The predicted octanol–water partition coefficient (Wildman–Crippen LogP) is 1.10. The van der Waals surface area contributed by atoms with Crippen LogP contribution >= 0.6 is 15.9 Å². The number of likely N-dealkylation sites (tertiary alicyclic amines) is 1. The zero-order valence-corrected chi connectivity index (χ0v) is 8.38. The van der Waals surface area contributed by atoms with Crippen molar-refractivity contribution in [3.8, 4) is 0 Å². The van der Waals surface area contributed by atoms with Gasteiger partial charge < -0.3 is 5.11 Å². The summed E-state index contributed by atoms with van der Waals surface area (Å²) in [6.07, 6.45) is 1.10. The summed E-state index contributed by atoms with van der Waals surface area (Å²) in [6.45, 7) is 5.48. The van der Waals surface area contributed by atoms with Crippen molar-refractivity contribution in [3.63, 3.8) is 0 Å². The summed E-state index contributed by atoms with van der Waals surface area (Å²) in [4.78, 5) is 12.7. The van der Waals surface area contributed by atoms with Gasteiger partial charge in [0.05, 0.1) is 0 Å². The molecular weight excluding hydrogens is 222 g/mol. The number of carboxylic acid groups (broad SMARTS) is 1. The topological polar surface area (TPSA) is 40.5 Å². The van der Waals surface area contributed by atoms with Crippen molar-refractivity contribution in [1.29, 1.82) is 0 Å². The van der Waals surface area contributed by atoms with Gasteiger partial charge in [0.15, 0.2) is 0 Å². The molecule has 3 nitrogen and oxygen atoms in total. The summed E-state index contributed by atoms with van der Waals surface area (Å²) in [7, 11) is 0. The maximum atomic E-state index is 10.8. The number of alkyl halides is 1. The van der Waals surface area contributed by atoms with Crippen molar-refractivity contribution in [2.24, 2.45) is 0 Å². The van der Waals surface area contributed by atoms with E-state index in [-0.39, 0.29) is 0 Å². The first-order valence-electron chi connectivity index (χ1n) is 3.87. The van der Waals surface area contributed by atoms with Crippen molar-refractivity contribution in [2.45, 2.75) is 12.5 Å². The van der Waals surface area contributed by atoms with Crippen LogP contribution in [0.15, 0.2) is 12.2 Å². The second-order valence-corrected chi connectivity index (χ2v) is 3.48. The molecule has 1 atom stereocenters. The van der Waals surface area contributed by atoms with Crippen LogP contribution in [0, 0.1) is 0 Å². The van der Waals surface area contributed by atoms with Crippen molar-refractivity contribution >= 4 is 21.9 Å². The number of nitrogens with zero attached hydrogens (tertiary/aromatic N) is 1. The fraction of sp³-hybridized carbons (Fsp3) is 0.625. The van der Waals surface area contributed by atoms with E-state index in [1.54, 1.807) is 0 Å². The molecule has 1 N–H and O–H groups in total. The second kappa shape index (κ2) is 4.05. The van der Waals surface area contributed by atoms with Gasteiger partial charge in [0.1, 0.15) is 6.04 Å². The lowest BCUT2D eigenvalue weighted by Gasteiger charge is -2.36. The molecule has 1 aliphatic rings. The number of carboxylic acids is 1. The molecule has 0 bridgehead atoms. The average Bonchev–Trinajstić information content (AvgIpc) is 1.94. The quantitative estimate of drug-likeness (QED) is 0.584. The summed E-state index contributed by atoms with van der Waals surface area (Å²) >= 11 is 3.22. The Bertz CT molecular complexity index is 201. The molecule has 1 rings (SSSR count). The highest BCUT2D eigenvalue weighted by Crippen LogP contribution is 2.18. The molecule has 1 saturated heterocycles. The molecule has 0 radical (unpaired) electrons. The molecule has 0 spiro atoms. The van der Waals surface area contributed by atoms with Gasteiger partial charge in [0, 0.05) is 18.4 Å². The molecular formula is C8H12BrNO2. The highest BCUT2D eigenvalue weighted by molar-refractivity contribution is 9.09. The van der Waals surface area contributed by atoms with Crippen LogP contribution in [0.3, 0.4) is 0 Å². The summed E-state index contributed by atoms with van der Waals surface area (Å²) < 4.78 is 0. The van der Waals surface area contributed by atoms with Crippen molar-refractivity contribution in [3.05, 3.63) is 12.2 Å². The van der Waals surface area contributed by atoms with E-state index in [2.05, 4.69) is 22.5 Å². The number of halogens is 1. The van der Waals surface area contributed by atoms with Gasteiger partial charge in [-0.25, -0.2) is 0 Å². The first-order valence-corrected chi connectivity index (χ1v) is 4.99. The first-order chi connectivity index (χ1) is 5.66. The van der Waals surface area contributed by atoms with E-state index in [9.17, 15) is 4.79 Å². The minimum absolute atomic E-state index is 0.488. The standard InChI is InChI=1S/C8H12BrNO2/c1-6(5-9)7(8(11)12)10-3-2-4-10/h7H,1-5H2,(H,11,12). The molecule has 0 aliphatic carbocycles. The van der Waals surface area contributed by atoms with Gasteiger partial charge in [-0.3, -0.25) is 9.69 Å². The summed E-state index contributed by atoms with van der Waals surface area (Å²) in [6, 6.07) is -0.488. The lowest BCUT2D eigenvalue weighted by molar-refractivity contribution is -0.143. The van der Waals surface area contributed by atoms with Gasteiger partial charge in [0.2, 0.25) is 0 Å². The van der Waals surface area contributed by atoms with E-state index in [0.717, 1.165) is 25.1 Å². The summed E-state index contributed by atoms with van der Waals surface area (Å²) in [5.74, 6) is -0.792. The SMILES string of the molecule is C=C(CBr)C(C(=O)O)N1CCC1. The Hall–Kier alpha value is -0.350. The molecule has 68 valence electrons. The molecule has 0 aromatic heterocycles. The lowest BCUT2D eigenvalue weighted by atomic mass is 10.0. The maximum absolute atomic E-state index is 10.8. The minimum Gasteiger partial charge on any atom is -0.480 e. The van der Waals surface area contributed by atoms with Gasteiger partial charge in [-0.05, 0) is 12.0 Å². The predicted molar refractivity (Wildman–Crippen MR) is 50.5 cm³/mol. The van der Waals surface area contributed by atoms with Crippen LogP contribution in [0.4, 0.5) is 0 Å². The van der Waals surface area contributed by atoms with Gasteiger partial charge >= 0.3 is 5.97 Å². The van der Waals surface area contributed by atoms with Gasteiger partial charge in [-0.2, -0.15) is 0 Å². The third-order valence-electron chi connectivity index (χ3n) is 2.05. The third kappa shape index (κ3) is 1.87. The lowest BCUT2D eigenvalue weighted by Crippen LogP contribution is -2.50. The molecule has 0 aromatic carbocycles. The fourth-order valence-corrected chi connectivity index (χ4v) is 1.57. The Morgan fingerprint density at radius 2 is 2.25 bits per heavy atom. The largest absolute Gasteiger partial charge is 0.480 e. The van der Waals surface area contributed by atoms with E-state index in [0.29, 0.717) is 5.33 Å². The Morgan fingerprint density at radius 3 is 2.50 bits per heavy atom. The van der Waals surface area contributed by atoms with Crippen molar-refractivity contribution in [2.75, 3.05) is 18.4 Å². The molecule has 1 aliphatic heterocycles. The zero-order chi connectivity index (χ0) is 9.14. The fourth-order valence-electron chi connectivity index (χ4n) is 1.26. The van der Waals surface area contributed by atoms with Crippen LogP contribution in [-0.4, -0.2) is 40.4 Å². The molecule has 0 saturated carbocycles. The number of aliphatic carboxylic acids is 1. The third-order valence-corrected chi connectivity index (χ3v) is 2.77. The second-order valence-electron chi connectivity index (χ2n) is 2.92. The zero-order valence-electron chi connectivity index (χ0n) is 6.79. The van der Waals surface area contributed by atoms with E-state index in [1.165, 1.54) is 0 Å². The molecule has 1 unspecified atom stereocenters. The Kier molecular flexibility index (Phi) is 3.29. The van der Waals surface area contributed by atoms with E-state index >= 15 is 0 Å². The van der Waals surface area contributed by atoms with Crippen LogP contribution in [0.5, 0.6) is 0 Å². The Balaban J connectivity index is 2.59. The van der Waals surface area contributed by atoms with Gasteiger partial charge in [-0.1, -0.05) is 22.5 Å². The Labute approximate surface area is 80.2 Å². The maximum Gasteiger partial charge on any atom is 0.325 e. The molecule has 1 heterocycles. The summed E-state index contributed by atoms with van der Waals surface area (Å²) in [5, 5.41) is 9.44. The van der Waals surface area contributed by atoms with Crippen LogP contribution in [0.2, 0.25) is 0 Å². The minimum atomic E-state index is -0.792. The summed E-state index contributed by atoms with van der Waals surface area (Å²) in [5.41, 5.74) is 0.724. The molecule has 0 aromatic rings. The molecule has 4 heteroatoms. The monoisotopic (exact) mass is 233 g/mol. The van der Waals surface area contributed by atoms with Gasteiger partial charge in [0.25, 0.3) is 0 Å². The number of hydrogen-bond acceptors (Lipinski definition) is 2. The number of rotatable bonds is 4. The van der Waals surface area contributed by atoms with Crippen molar-refractivity contribution < 1.29 is 9.90 Å². The highest BCUT2D eigenvalue weighted by atomic mass is 79.9. The number of hydrogen-bond donors (Lipinski definition) is 1.